The molecule has 0 aliphatic heterocycles. The molecule has 3 aromatic rings. The maximum Gasteiger partial charge on any atom is 0.287 e. The first-order chi connectivity index (χ1) is 15.4. The zero-order valence-corrected chi connectivity index (χ0v) is 21.3. The zero-order valence-electron chi connectivity index (χ0n) is 16.6. The average Bonchev–Trinajstić information content (AvgIpc) is 3.26. The Morgan fingerprint density at radius 3 is 2.62 bits per heavy atom. The maximum absolute atomic E-state index is 12.8. The monoisotopic (exact) mass is 595 g/mol. The molecule has 0 fully saturated rings. The molecule has 2 N–H and O–H groups in total. The fourth-order valence-corrected chi connectivity index (χ4v) is 4.92. The number of thiophene rings is 1. The van der Waals surface area contributed by atoms with Gasteiger partial charge in [-0.2, -0.15) is 5.10 Å². The lowest BCUT2D eigenvalue weighted by Gasteiger charge is -2.10. The molecule has 0 spiro atoms. The molecular weight excluding hydrogens is 582 g/mol. The van der Waals surface area contributed by atoms with Crippen molar-refractivity contribution in [3.05, 3.63) is 89.6 Å². The molecule has 2 amide bonds. The zero-order chi connectivity index (χ0) is 23.1. The van der Waals surface area contributed by atoms with Crippen LogP contribution < -0.4 is 15.5 Å². The van der Waals surface area contributed by atoms with Crippen LogP contribution in [0.25, 0.3) is 6.08 Å². The predicted octanol–water partition coefficient (Wildman–Crippen LogP) is 5.86. The number of halogens is 3. The fourth-order valence-electron chi connectivity index (χ4n) is 2.62. The lowest BCUT2D eigenvalue weighted by molar-refractivity contribution is -0.117. The Kier molecular flexibility index (Phi) is 8.63. The summed E-state index contributed by atoms with van der Waals surface area (Å²) in [6.07, 6.45) is 3.02. The number of hydrazone groups is 1. The number of ether oxygens (including phenoxy) is 1. The molecule has 0 aliphatic rings. The summed E-state index contributed by atoms with van der Waals surface area (Å²) in [4.78, 5) is 26.3. The van der Waals surface area contributed by atoms with Gasteiger partial charge in [-0.05, 0) is 57.7 Å². The molecular formula is C22H16Br2ClN3O3S. The van der Waals surface area contributed by atoms with Crippen LogP contribution in [-0.2, 0) is 4.79 Å². The third kappa shape index (κ3) is 6.29. The van der Waals surface area contributed by atoms with Crippen LogP contribution in [0.3, 0.4) is 0 Å². The van der Waals surface area contributed by atoms with E-state index in [-0.39, 0.29) is 16.3 Å². The van der Waals surface area contributed by atoms with E-state index in [0.29, 0.717) is 11.3 Å². The molecule has 0 unspecified atom stereocenters. The minimum Gasteiger partial charge on any atom is -0.495 e. The molecule has 0 saturated heterocycles. The molecule has 0 saturated carbocycles. The first-order valence-electron chi connectivity index (χ1n) is 9.06. The number of carbonyl (C=O) groups excluding carboxylic acids is 2. The van der Waals surface area contributed by atoms with Crippen molar-refractivity contribution >= 4 is 78.9 Å². The predicted molar refractivity (Wildman–Crippen MR) is 135 cm³/mol. The summed E-state index contributed by atoms with van der Waals surface area (Å²) in [5.41, 5.74) is 3.36. The Hall–Kier alpha value is -2.46. The van der Waals surface area contributed by atoms with Gasteiger partial charge in [0.05, 0.1) is 28.4 Å². The van der Waals surface area contributed by atoms with Crippen LogP contribution in [0.15, 0.2) is 73.7 Å². The highest BCUT2D eigenvalue weighted by Gasteiger charge is 2.16. The van der Waals surface area contributed by atoms with E-state index in [1.165, 1.54) is 24.7 Å². The van der Waals surface area contributed by atoms with E-state index >= 15 is 0 Å². The first-order valence-corrected chi connectivity index (χ1v) is 11.9. The molecule has 164 valence electrons. The lowest BCUT2D eigenvalue weighted by Crippen LogP contribution is -2.33. The van der Waals surface area contributed by atoms with Crippen LogP contribution >= 0.6 is 54.8 Å². The van der Waals surface area contributed by atoms with E-state index in [0.717, 1.165) is 13.8 Å². The van der Waals surface area contributed by atoms with E-state index in [1.807, 2.05) is 23.6 Å². The SMILES string of the molecule is COc1c(Br)cc(Br)cc1C=NNC(=O)C(=Cc1cccs1)NC(=O)c1ccccc1Cl. The highest BCUT2D eigenvalue weighted by atomic mass is 79.9. The fraction of sp³-hybridized carbons (Fsp3) is 0.0455. The number of benzene rings is 2. The van der Waals surface area contributed by atoms with Crippen molar-refractivity contribution < 1.29 is 14.3 Å². The molecule has 32 heavy (non-hydrogen) atoms. The quantitative estimate of drug-likeness (QED) is 0.204. The van der Waals surface area contributed by atoms with Crippen LogP contribution in [-0.4, -0.2) is 25.1 Å². The van der Waals surface area contributed by atoms with Gasteiger partial charge in [0, 0.05) is 14.9 Å². The average molecular weight is 598 g/mol. The number of nitrogens with zero attached hydrogens (tertiary/aromatic N) is 1. The number of amides is 2. The van der Waals surface area contributed by atoms with Crippen molar-refractivity contribution in [3.63, 3.8) is 0 Å². The Bertz CT molecular complexity index is 1200. The van der Waals surface area contributed by atoms with Crippen molar-refractivity contribution in [1.29, 1.82) is 0 Å². The van der Waals surface area contributed by atoms with E-state index in [4.69, 9.17) is 16.3 Å². The standard InChI is InChI=1S/C22H16Br2ClN3O3S/c1-31-20-13(9-14(23)10-17(20)24)12-26-28-22(30)19(11-15-5-4-8-32-15)27-21(29)16-6-2-3-7-18(16)25/h2-12H,1H3,(H,27,29)(H,28,30). The molecule has 3 rings (SSSR count). The Balaban J connectivity index is 1.82. The van der Waals surface area contributed by atoms with Gasteiger partial charge in [0.15, 0.2) is 0 Å². The number of methoxy groups -OCH3 is 1. The third-order valence-corrected chi connectivity index (χ3v) is 6.25. The lowest BCUT2D eigenvalue weighted by atomic mass is 10.2. The van der Waals surface area contributed by atoms with E-state index < -0.39 is 11.8 Å². The Morgan fingerprint density at radius 1 is 1.16 bits per heavy atom. The normalized spacial score (nSPS) is 11.4. The van der Waals surface area contributed by atoms with Crippen molar-refractivity contribution in [1.82, 2.24) is 10.7 Å². The van der Waals surface area contributed by atoms with Crippen molar-refractivity contribution in [2.45, 2.75) is 0 Å². The summed E-state index contributed by atoms with van der Waals surface area (Å²) < 4.78 is 6.91. The highest BCUT2D eigenvalue weighted by molar-refractivity contribution is 9.11. The summed E-state index contributed by atoms with van der Waals surface area (Å²) in [7, 11) is 1.54. The molecule has 1 aromatic heterocycles. The van der Waals surface area contributed by atoms with Crippen LogP contribution in [0.2, 0.25) is 5.02 Å². The molecule has 1 heterocycles. The molecule has 10 heteroatoms. The van der Waals surface area contributed by atoms with Gasteiger partial charge >= 0.3 is 0 Å². The molecule has 2 aromatic carbocycles. The van der Waals surface area contributed by atoms with E-state index in [9.17, 15) is 9.59 Å². The topological polar surface area (TPSA) is 79.8 Å². The largest absolute Gasteiger partial charge is 0.495 e. The second kappa shape index (κ2) is 11.4. The third-order valence-electron chi connectivity index (χ3n) is 4.05. The van der Waals surface area contributed by atoms with Gasteiger partial charge in [0.1, 0.15) is 11.4 Å². The molecule has 0 bridgehead atoms. The number of carbonyl (C=O) groups is 2. The van der Waals surface area contributed by atoms with E-state index in [2.05, 4.69) is 47.7 Å². The summed E-state index contributed by atoms with van der Waals surface area (Å²) in [5.74, 6) is -0.536. The van der Waals surface area contributed by atoms with Crippen LogP contribution in [0.5, 0.6) is 5.75 Å². The number of nitrogens with one attached hydrogen (secondary N) is 2. The Labute approximate surface area is 210 Å². The minimum atomic E-state index is -0.594. The summed E-state index contributed by atoms with van der Waals surface area (Å²) in [6.45, 7) is 0. The highest BCUT2D eigenvalue weighted by Crippen LogP contribution is 2.31. The minimum absolute atomic E-state index is 0.0249. The van der Waals surface area contributed by atoms with Gasteiger partial charge in [-0.1, -0.05) is 45.7 Å². The summed E-state index contributed by atoms with van der Waals surface area (Å²) in [6, 6.07) is 13.9. The number of hydrogen-bond acceptors (Lipinski definition) is 5. The summed E-state index contributed by atoms with van der Waals surface area (Å²) >= 11 is 14.4. The van der Waals surface area contributed by atoms with Crippen LogP contribution in [0.1, 0.15) is 20.8 Å². The number of hydrogen-bond donors (Lipinski definition) is 2. The Morgan fingerprint density at radius 2 is 1.94 bits per heavy atom. The van der Waals surface area contributed by atoms with Gasteiger partial charge < -0.3 is 10.1 Å². The number of rotatable bonds is 7. The molecule has 0 aliphatic carbocycles. The van der Waals surface area contributed by atoms with Gasteiger partial charge in [0.2, 0.25) is 0 Å². The second-order valence-electron chi connectivity index (χ2n) is 6.22. The van der Waals surface area contributed by atoms with Crippen molar-refractivity contribution in [3.8, 4) is 5.75 Å². The van der Waals surface area contributed by atoms with Gasteiger partial charge in [-0.3, -0.25) is 9.59 Å². The first kappa shape index (κ1) is 24.2. The van der Waals surface area contributed by atoms with Crippen LogP contribution in [0, 0.1) is 0 Å². The summed E-state index contributed by atoms with van der Waals surface area (Å²) in [5, 5.41) is 8.79. The van der Waals surface area contributed by atoms with Gasteiger partial charge in [-0.25, -0.2) is 5.43 Å². The van der Waals surface area contributed by atoms with Gasteiger partial charge in [0.25, 0.3) is 11.8 Å². The van der Waals surface area contributed by atoms with Crippen LogP contribution in [0.4, 0.5) is 0 Å². The molecule has 6 nitrogen and oxygen atoms in total. The van der Waals surface area contributed by atoms with Crippen molar-refractivity contribution in [2.75, 3.05) is 7.11 Å². The maximum atomic E-state index is 12.8. The van der Waals surface area contributed by atoms with Crippen molar-refractivity contribution in [2.24, 2.45) is 5.10 Å². The van der Waals surface area contributed by atoms with E-state index in [1.54, 1.807) is 36.4 Å². The molecule has 0 radical (unpaired) electrons. The van der Waals surface area contributed by atoms with Gasteiger partial charge in [-0.15, -0.1) is 11.3 Å². The smallest absolute Gasteiger partial charge is 0.287 e. The molecule has 0 atom stereocenters. The second-order valence-corrected chi connectivity index (χ2v) is 9.37.